The Labute approximate surface area is 53.9 Å². The molecule has 9 heavy (non-hydrogen) atoms. The number of rotatable bonds is 3. The second kappa shape index (κ2) is 5.15. The van der Waals surface area contributed by atoms with Crippen LogP contribution in [-0.4, -0.2) is 17.7 Å². The molecule has 0 aromatic rings. The Morgan fingerprint density at radius 2 is 2.44 bits per heavy atom. The number of aliphatic hydroxyl groups is 1. The van der Waals surface area contributed by atoms with Crippen LogP contribution in [0, 0.1) is 0 Å². The summed E-state index contributed by atoms with van der Waals surface area (Å²) in [5.41, 5.74) is 0. The van der Waals surface area contributed by atoms with Gasteiger partial charge in [-0.3, -0.25) is 0 Å². The van der Waals surface area contributed by atoms with E-state index in [0.29, 0.717) is 12.9 Å². The Bertz CT molecular complexity index is 107. The van der Waals surface area contributed by atoms with Gasteiger partial charge < -0.3 is 9.84 Å². The summed E-state index contributed by atoms with van der Waals surface area (Å²) >= 11 is 0. The summed E-state index contributed by atoms with van der Waals surface area (Å²) in [4.78, 5) is 10.3. The normalized spacial score (nSPS) is 9.89. The third-order valence-electron chi connectivity index (χ3n) is 0.659. The maximum Gasteiger partial charge on any atom is 0.333 e. The molecule has 0 fully saturated rings. The molecular formula is C6H10O3. The van der Waals surface area contributed by atoms with Gasteiger partial charge in [0.05, 0.1) is 18.9 Å². The van der Waals surface area contributed by atoms with E-state index in [9.17, 15) is 4.79 Å². The van der Waals surface area contributed by atoms with Gasteiger partial charge in [-0.05, 0) is 6.42 Å². The summed E-state index contributed by atoms with van der Waals surface area (Å²) in [6.07, 6.45) is 2.43. The smallest absolute Gasteiger partial charge is 0.333 e. The van der Waals surface area contributed by atoms with Crippen molar-refractivity contribution < 1.29 is 14.6 Å². The van der Waals surface area contributed by atoms with Gasteiger partial charge >= 0.3 is 5.97 Å². The van der Waals surface area contributed by atoms with Gasteiger partial charge in [0.25, 0.3) is 0 Å². The lowest BCUT2D eigenvalue weighted by atomic mass is 10.5. The van der Waals surface area contributed by atoms with Gasteiger partial charge in [-0.25, -0.2) is 4.79 Å². The number of aliphatic hydroxyl groups excluding tert-OH is 1. The molecule has 52 valence electrons. The fourth-order valence-electron chi connectivity index (χ4n) is 0.312. The molecule has 0 saturated heterocycles. The molecule has 0 unspecified atom stereocenters. The third-order valence-corrected chi connectivity index (χ3v) is 0.659. The second-order valence-corrected chi connectivity index (χ2v) is 1.48. The quantitative estimate of drug-likeness (QED) is 0.352. The number of ether oxygens (including phenoxy) is 1. The van der Waals surface area contributed by atoms with Crippen LogP contribution < -0.4 is 0 Å². The van der Waals surface area contributed by atoms with Crippen LogP contribution in [0.25, 0.3) is 0 Å². The first kappa shape index (κ1) is 8.01. The minimum absolute atomic E-state index is 0.406. The van der Waals surface area contributed by atoms with E-state index in [1.54, 1.807) is 0 Å². The lowest BCUT2D eigenvalue weighted by Crippen LogP contribution is -2.00. The van der Waals surface area contributed by atoms with Gasteiger partial charge in [0.1, 0.15) is 0 Å². The number of carbonyl (C=O) groups is 1. The maximum absolute atomic E-state index is 10.3. The van der Waals surface area contributed by atoms with Crippen LogP contribution in [0.5, 0.6) is 0 Å². The summed E-state index contributed by atoms with van der Waals surface area (Å²) in [6, 6.07) is 0. The molecule has 0 aromatic heterocycles. The molecule has 0 aliphatic heterocycles. The molecule has 0 saturated carbocycles. The van der Waals surface area contributed by atoms with E-state index in [1.807, 2.05) is 6.92 Å². The predicted molar refractivity (Wildman–Crippen MR) is 33.0 cm³/mol. The Morgan fingerprint density at radius 3 is 2.89 bits per heavy atom. The average molecular weight is 130 g/mol. The van der Waals surface area contributed by atoms with E-state index in [4.69, 9.17) is 5.11 Å². The highest BCUT2D eigenvalue weighted by Gasteiger charge is 1.91. The first-order valence-electron chi connectivity index (χ1n) is 2.78. The van der Waals surface area contributed by atoms with Crippen molar-refractivity contribution in [1.82, 2.24) is 0 Å². The molecule has 0 aromatic carbocycles. The molecular weight excluding hydrogens is 120 g/mol. The zero-order chi connectivity index (χ0) is 7.11. The fraction of sp³-hybridized carbons (Fsp3) is 0.500. The second-order valence-electron chi connectivity index (χ2n) is 1.48. The summed E-state index contributed by atoms with van der Waals surface area (Å²) in [7, 11) is 0. The lowest BCUT2D eigenvalue weighted by Gasteiger charge is -1.95. The van der Waals surface area contributed by atoms with Gasteiger partial charge in [0.15, 0.2) is 0 Å². The van der Waals surface area contributed by atoms with Crippen molar-refractivity contribution in [3.8, 4) is 0 Å². The van der Waals surface area contributed by atoms with Gasteiger partial charge in [0.2, 0.25) is 0 Å². The SMILES string of the molecule is CCCOC(=O)C=CO. The van der Waals surface area contributed by atoms with E-state index in [1.165, 1.54) is 0 Å². The van der Waals surface area contributed by atoms with Gasteiger partial charge in [-0.15, -0.1) is 0 Å². The van der Waals surface area contributed by atoms with Gasteiger partial charge in [-0.2, -0.15) is 0 Å². The van der Waals surface area contributed by atoms with Gasteiger partial charge in [0, 0.05) is 0 Å². The van der Waals surface area contributed by atoms with Crippen LogP contribution >= 0.6 is 0 Å². The fourth-order valence-corrected chi connectivity index (χ4v) is 0.312. The van der Waals surface area contributed by atoms with Crippen LogP contribution in [0.1, 0.15) is 13.3 Å². The number of esters is 1. The Morgan fingerprint density at radius 1 is 1.78 bits per heavy atom. The first-order valence-corrected chi connectivity index (χ1v) is 2.78. The number of hydrogen-bond donors (Lipinski definition) is 1. The van der Waals surface area contributed by atoms with Gasteiger partial charge in [-0.1, -0.05) is 6.92 Å². The van der Waals surface area contributed by atoms with E-state index in [-0.39, 0.29) is 0 Å². The van der Waals surface area contributed by atoms with Crippen molar-refractivity contribution in [3.05, 3.63) is 12.3 Å². The Kier molecular flexibility index (Phi) is 4.59. The van der Waals surface area contributed by atoms with Crippen molar-refractivity contribution in [3.63, 3.8) is 0 Å². The highest BCUT2D eigenvalue weighted by atomic mass is 16.5. The summed E-state index contributed by atoms with van der Waals surface area (Å²) in [6.45, 7) is 2.30. The highest BCUT2D eigenvalue weighted by Crippen LogP contribution is 1.82. The van der Waals surface area contributed by atoms with Crippen molar-refractivity contribution in [2.75, 3.05) is 6.61 Å². The molecule has 3 nitrogen and oxygen atoms in total. The summed E-state index contributed by atoms with van der Waals surface area (Å²) in [5.74, 6) is -0.501. The molecule has 1 N–H and O–H groups in total. The summed E-state index contributed by atoms with van der Waals surface area (Å²) < 4.78 is 4.55. The van der Waals surface area contributed by atoms with Crippen molar-refractivity contribution in [2.45, 2.75) is 13.3 Å². The molecule has 0 amide bonds. The first-order chi connectivity index (χ1) is 4.31. The molecule has 0 atom stereocenters. The minimum Gasteiger partial charge on any atom is -0.515 e. The number of hydrogen-bond acceptors (Lipinski definition) is 3. The standard InChI is InChI=1S/C6H10O3/c1-2-5-9-6(8)3-4-7/h3-4,7H,2,5H2,1H3. The van der Waals surface area contributed by atoms with E-state index in [2.05, 4.69) is 4.74 Å². The van der Waals surface area contributed by atoms with Crippen LogP contribution in [0.4, 0.5) is 0 Å². The molecule has 3 heteroatoms. The molecule has 0 bridgehead atoms. The van der Waals surface area contributed by atoms with Crippen LogP contribution in [0.3, 0.4) is 0 Å². The minimum atomic E-state index is -0.501. The van der Waals surface area contributed by atoms with Crippen molar-refractivity contribution in [2.24, 2.45) is 0 Å². The lowest BCUT2D eigenvalue weighted by molar-refractivity contribution is -0.137. The topological polar surface area (TPSA) is 46.5 Å². The highest BCUT2D eigenvalue weighted by molar-refractivity contribution is 5.81. The van der Waals surface area contributed by atoms with E-state index >= 15 is 0 Å². The summed E-state index contributed by atoms with van der Waals surface area (Å²) in [5, 5.41) is 8.05. The van der Waals surface area contributed by atoms with Crippen LogP contribution in [-0.2, 0) is 9.53 Å². The molecule has 0 aliphatic carbocycles. The maximum atomic E-state index is 10.3. The zero-order valence-electron chi connectivity index (χ0n) is 5.33. The van der Waals surface area contributed by atoms with Crippen molar-refractivity contribution >= 4 is 5.97 Å². The average Bonchev–Trinajstić information content (AvgIpc) is 1.85. The Hall–Kier alpha value is -0.990. The van der Waals surface area contributed by atoms with E-state index < -0.39 is 5.97 Å². The van der Waals surface area contributed by atoms with E-state index in [0.717, 1.165) is 12.5 Å². The van der Waals surface area contributed by atoms with Crippen molar-refractivity contribution in [1.29, 1.82) is 0 Å². The Balaban J connectivity index is 3.27. The molecule has 0 spiro atoms. The zero-order valence-corrected chi connectivity index (χ0v) is 5.33. The van der Waals surface area contributed by atoms with Crippen LogP contribution in [0.15, 0.2) is 12.3 Å². The number of carbonyl (C=O) groups excluding carboxylic acids is 1. The predicted octanol–water partition coefficient (Wildman–Crippen LogP) is 1.01. The molecule has 0 aliphatic rings. The largest absolute Gasteiger partial charge is 0.515 e. The van der Waals surface area contributed by atoms with Crippen LogP contribution in [0.2, 0.25) is 0 Å². The molecule has 0 radical (unpaired) electrons. The molecule has 0 heterocycles. The third kappa shape index (κ3) is 4.87. The molecule has 0 rings (SSSR count). The monoisotopic (exact) mass is 130 g/mol.